The molecule has 4 heteroatoms. The fourth-order valence-corrected chi connectivity index (χ4v) is 1.68. The van der Waals surface area contributed by atoms with Gasteiger partial charge in [0.05, 0.1) is 5.69 Å². The minimum absolute atomic E-state index is 0.933. The lowest BCUT2D eigenvalue weighted by Gasteiger charge is -1.99. The van der Waals surface area contributed by atoms with Crippen molar-refractivity contribution < 1.29 is 0 Å². The van der Waals surface area contributed by atoms with Crippen molar-refractivity contribution >= 4 is 16.5 Å². The van der Waals surface area contributed by atoms with E-state index < -0.39 is 0 Å². The molecule has 1 rings (SSSR count). The summed E-state index contributed by atoms with van der Waals surface area (Å²) in [4.78, 5) is 5.66. The van der Waals surface area contributed by atoms with Crippen molar-refractivity contribution in [1.82, 2.24) is 10.3 Å². The Morgan fingerprint density at radius 1 is 1.33 bits per heavy atom. The number of hydrogen-bond acceptors (Lipinski definition) is 4. The zero-order chi connectivity index (χ0) is 8.97. The third-order valence-electron chi connectivity index (χ3n) is 1.68. The molecule has 0 aliphatic rings. The highest BCUT2D eigenvalue weighted by atomic mass is 32.1. The number of anilines is 1. The minimum Gasteiger partial charge on any atom is -0.360 e. The predicted octanol–water partition coefficient (Wildman–Crippen LogP) is 1.39. The largest absolute Gasteiger partial charge is 0.360 e. The molecule has 0 aliphatic carbocycles. The quantitative estimate of drug-likeness (QED) is 0.696. The first kappa shape index (κ1) is 9.48. The van der Waals surface area contributed by atoms with Crippen molar-refractivity contribution in [2.24, 2.45) is 0 Å². The molecule has 12 heavy (non-hydrogen) atoms. The monoisotopic (exact) mass is 185 g/mol. The van der Waals surface area contributed by atoms with Crippen LogP contribution < -0.4 is 10.6 Å². The number of thiazole rings is 1. The Kier molecular flexibility index (Phi) is 3.49. The highest BCUT2D eigenvalue weighted by Gasteiger charge is 2.00. The van der Waals surface area contributed by atoms with Gasteiger partial charge in [-0.3, -0.25) is 0 Å². The Labute approximate surface area is 77.2 Å². The lowest BCUT2D eigenvalue weighted by molar-refractivity contribution is 0.823. The fourth-order valence-electron chi connectivity index (χ4n) is 0.843. The molecule has 2 N–H and O–H groups in total. The van der Waals surface area contributed by atoms with Crippen LogP contribution in [-0.4, -0.2) is 25.1 Å². The van der Waals surface area contributed by atoms with Gasteiger partial charge >= 0.3 is 0 Å². The molecule has 0 saturated carbocycles. The molecule has 3 nitrogen and oxygen atoms in total. The van der Waals surface area contributed by atoms with Crippen LogP contribution in [0.25, 0.3) is 0 Å². The summed E-state index contributed by atoms with van der Waals surface area (Å²) in [5, 5.41) is 7.35. The van der Waals surface area contributed by atoms with Crippen LogP contribution in [0.5, 0.6) is 0 Å². The van der Waals surface area contributed by atoms with Gasteiger partial charge in [0.2, 0.25) is 0 Å². The molecular weight excluding hydrogens is 170 g/mol. The van der Waals surface area contributed by atoms with Gasteiger partial charge in [0.1, 0.15) is 0 Å². The summed E-state index contributed by atoms with van der Waals surface area (Å²) in [7, 11) is 1.94. The van der Waals surface area contributed by atoms with Gasteiger partial charge < -0.3 is 10.6 Å². The molecule has 0 aliphatic heterocycles. The van der Waals surface area contributed by atoms with Gasteiger partial charge in [-0.15, -0.1) is 11.3 Å². The van der Waals surface area contributed by atoms with Crippen LogP contribution in [0, 0.1) is 13.8 Å². The lowest BCUT2D eigenvalue weighted by atomic mass is 10.4. The summed E-state index contributed by atoms with van der Waals surface area (Å²) in [6, 6.07) is 0. The standard InChI is InChI=1S/C8H15N3S/c1-6-7(2)12-8(11-6)10-5-4-9-3/h9H,4-5H2,1-3H3,(H,10,11). The molecule has 0 amide bonds. The molecule has 0 bridgehead atoms. The molecule has 0 saturated heterocycles. The van der Waals surface area contributed by atoms with Gasteiger partial charge in [0.15, 0.2) is 5.13 Å². The normalized spacial score (nSPS) is 10.2. The van der Waals surface area contributed by atoms with Crippen LogP contribution in [0.3, 0.4) is 0 Å². The van der Waals surface area contributed by atoms with E-state index in [2.05, 4.69) is 22.5 Å². The summed E-state index contributed by atoms with van der Waals surface area (Å²) in [5.74, 6) is 0. The maximum atomic E-state index is 4.36. The topological polar surface area (TPSA) is 37.0 Å². The first-order valence-electron chi connectivity index (χ1n) is 4.06. The number of likely N-dealkylation sites (N-methyl/N-ethyl adjacent to an activating group) is 1. The Hall–Kier alpha value is -0.610. The second kappa shape index (κ2) is 4.42. The van der Waals surface area contributed by atoms with E-state index in [0.29, 0.717) is 0 Å². The SMILES string of the molecule is CNCCNc1nc(C)c(C)s1. The molecule has 1 aromatic heterocycles. The third-order valence-corrected chi connectivity index (χ3v) is 2.71. The van der Waals surface area contributed by atoms with E-state index in [4.69, 9.17) is 0 Å². The highest BCUT2D eigenvalue weighted by molar-refractivity contribution is 7.15. The highest BCUT2D eigenvalue weighted by Crippen LogP contribution is 2.20. The van der Waals surface area contributed by atoms with Gasteiger partial charge in [0.25, 0.3) is 0 Å². The minimum atomic E-state index is 0.933. The van der Waals surface area contributed by atoms with Crippen molar-refractivity contribution in [3.63, 3.8) is 0 Å². The molecule has 68 valence electrons. The van der Waals surface area contributed by atoms with Gasteiger partial charge in [-0.2, -0.15) is 0 Å². The van der Waals surface area contributed by atoms with Gasteiger partial charge in [-0.05, 0) is 20.9 Å². The summed E-state index contributed by atoms with van der Waals surface area (Å²) < 4.78 is 0. The Morgan fingerprint density at radius 3 is 2.58 bits per heavy atom. The molecule has 1 heterocycles. The van der Waals surface area contributed by atoms with Crippen molar-refractivity contribution in [2.45, 2.75) is 13.8 Å². The number of nitrogens with zero attached hydrogens (tertiary/aromatic N) is 1. The fraction of sp³-hybridized carbons (Fsp3) is 0.625. The lowest BCUT2D eigenvalue weighted by Crippen LogP contribution is -2.17. The van der Waals surface area contributed by atoms with E-state index in [-0.39, 0.29) is 0 Å². The number of hydrogen-bond donors (Lipinski definition) is 2. The zero-order valence-electron chi connectivity index (χ0n) is 7.77. The van der Waals surface area contributed by atoms with Crippen LogP contribution in [0.2, 0.25) is 0 Å². The second-order valence-corrected chi connectivity index (χ2v) is 3.89. The van der Waals surface area contributed by atoms with Gasteiger partial charge in [-0.25, -0.2) is 4.98 Å². The smallest absolute Gasteiger partial charge is 0.183 e. The maximum absolute atomic E-state index is 4.36. The summed E-state index contributed by atoms with van der Waals surface area (Å²) in [6.07, 6.45) is 0. The van der Waals surface area contributed by atoms with E-state index in [0.717, 1.165) is 23.9 Å². The predicted molar refractivity (Wildman–Crippen MR) is 54.0 cm³/mol. The summed E-state index contributed by atoms with van der Waals surface area (Å²) >= 11 is 1.71. The van der Waals surface area contributed by atoms with Crippen LogP contribution >= 0.6 is 11.3 Å². The number of nitrogens with one attached hydrogen (secondary N) is 2. The van der Waals surface area contributed by atoms with Crippen LogP contribution in [0.1, 0.15) is 10.6 Å². The van der Waals surface area contributed by atoms with Crippen molar-refractivity contribution in [1.29, 1.82) is 0 Å². The van der Waals surface area contributed by atoms with E-state index in [9.17, 15) is 0 Å². The van der Waals surface area contributed by atoms with Crippen molar-refractivity contribution in [3.8, 4) is 0 Å². The molecule has 0 unspecified atom stereocenters. The second-order valence-electron chi connectivity index (χ2n) is 2.69. The van der Waals surface area contributed by atoms with Crippen molar-refractivity contribution in [2.75, 3.05) is 25.5 Å². The average Bonchev–Trinajstić information content (AvgIpc) is 2.32. The van der Waals surface area contributed by atoms with E-state index >= 15 is 0 Å². The third kappa shape index (κ3) is 2.46. The Morgan fingerprint density at radius 2 is 2.08 bits per heavy atom. The molecular formula is C8H15N3S. The average molecular weight is 185 g/mol. The molecule has 0 spiro atoms. The number of aryl methyl sites for hydroxylation is 2. The van der Waals surface area contributed by atoms with Gasteiger partial charge in [-0.1, -0.05) is 0 Å². The van der Waals surface area contributed by atoms with E-state index in [1.165, 1.54) is 4.88 Å². The zero-order valence-corrected chi connectivity index (χ0v) is 8.59. The summed E-state index contributed by atoms with van der Waals surface area (Å²) in [6.45, 7) is 6.03. The van der Waals surface area contributed by atoms with Gasteiger partial charge in [0, 0.05) is 18.0 Å². The van der Waals surface area contributed by atoms with Crippen LogP contribution in [0.4, 0.5) is 5.13 Å². The molecule has 1 aromatic rings. The Balaban J connectivity index is 2.42. The van der Waals surface area contributed by atoms with E-state index in [1.807, 2.05) is 14.0 Å². The first-order chi connectivity index (χ1) is 5.74. The summed E-state index contributed by atoms with van der Waals surface area (Å²) in [5.41, 5.74) is 1.13. The van der Waals surface area contributed by atoms with Crippen LogP contribution in [-0.2, 0) is 0 Å². The van der Waals surface area contributed by atoms with Crippen LogP contribution in [0.15, 0.2) is 0 Å². The van der Waals surface area contributed by atoms with Crippen molar-refractivity contribution in [3.05, 3.63) is 10.6 Å². The molecule has 0 radical (unpaired) electrons. The maximum Gasteiger partial charge on any atom is 0.183 e. The number of rotatable bonds is 4. The molecule has 0 fully saturated rings. The first-order valence-corrected chi connectivity index (χ1v) is 4.88. The molecule has 0 atom stereocenters. The number of aromatic nitrogens is 1. The molecule has 0 aromatic carbocycles. The van der Waals surface area contributed by atoms with E-state index in [1.54, 1.807) is 11.3 Å². The Bertz CT molecular complexity index is 225.